The molecule has 0 aliphatic heterocycles. The van der Waals surface area contributed by atoms with Crippen molar-refractivity contribution < 1.29 is 35.9 Å². The molecule has 3 aromatic rings. The van der Waals surface area contributed by atoms with E-state index in [0.29, 0.717) is 42.1 Å². The van der Waals surface area contributed by atoms with Crippen LogP contribution in [0.3, 0.4) is 0 Å². The number of hydrogen-bond donors (Lipinski definition) is 0. The van der Waals surface area contributed by atoms with Gasteiger partial charge in [0.1, 0.15) is 0 Å². The van der Waals surface area contributed by atoms with Crippen LogP contribution in [0.1, 0.15) is 75.6 Å². The summed E-state index contributed by atoms with van der Waals surface area (Å²) in [4.78, 5) is 15.0. The van der Waals surface area contributed by atoms with Crippen LogP contribution >= 0.6 is 0 Å². The Morgan fingerprint density at radius 2 is 1.40 bits per heavy atom. The fourth-order valence-electron chi connectivity index (χ4n) is 4.98. The number of carbonyl (C=O) groups excluding carboxylic acids is 1. The highest BCUT2D eigenvalue weighted by molar-refractivity contribution is 5.79. The van der Waals surface area contributed by atoms with Crippen molar-refractivity contribution in [2.45, 2.75) is 72.6 Å². The third-order valence-electron chi connectivity index (χ3n) is 7.12. The maximum atomic E-state index is 14.0. The third-order valence-corrected chi connectivity index (χ3v) is 7.12. The number of alkyl halides is 3. The van der Waals surface area contributed by atoms with Crippen LogP contribution in [0.25, 0.3) is 11.1 Å². The van der Waals surface area contributed by atoms with E-state index in [-0.39, 0.29) is 30.6 Å². The molecular formula is C34H39F6NO2. The quantitative estimate of drug-likeness (QED) is 0.110. The molecule has 0 radical (unpaired) electrons. The minimum Gasteiger partial charge on any atom is -0.466 e. The first-order valence-electron chi connectivity index (χ1n) is 14.5. The highest BCUT2D eigenvalue weighted by Gasteiger charge is 2.30. The van der Waals surface area contributed by atoms with E-state index >= 15 is 0 Å². The summed E-state index contributed by atoms with van der Waals surface area (Å²) < 4.78 is 86.7. The van der Waals surface area contributed by atoms with Crippen LogP contribution in [0.2, 0.25) is 0 Å². The Labute approximate surface area is 249 Å². The van der Waals surface area contributed by atoms with Crippen molar-refractivity contribution in [1.29, 1.82) is 0 Å². The van der Waals surface area contributed by atoms with Gasteiger partial charge in [-0.2, -0.15) is 13.2 Å². The normalized spacial score (nSPS) is 12.8. The summed E-state index contributed by atoms with van der Waals surface area (Å²) in [6, 6.07) is 12.3. The molecule has 0 spiro atoms. The zero-order valence-electron chi connectivity index (χ0n) is 25.2. The summed E-state index contributed by atoms with van der Waals surface area (Å²) in [7, 11) is 0. The number of rotatable bonds is 13. The molecule has 0 fully saturated rings. The van der Waals surface area contributed by atoms with Crippen molar-refractivity contribution >= 4 is 5.97 Å². The average Bonchev–Trinajstić information content (AvgIpc) is 2.92. The Balaban J connectivity index is 2.09. The van der Waals surface area contributed by atoms with Gasteiger partial charge in [0, 0.05) is 13.1 Å². The minimum absolute atomic E-state index is 0.133. The van der Waals surface area contributed by atoms with Gasteiger partial charge < -0.3 is 4.74 Å². The van der Waals surface area contributed by atoms with Crippen molar-refractivity contribution in [3.63, 3.8) is 0 Å². The summed E-state index contributed by atoms with van der Waals surface area (Å²) in [5.74, 6) is -4.57. The summed E-state index contributed by atoms with van der Waals surface area (Å²) >= 11 is 0. The van der Waals surface area contributed by atoms with E-state index in [1.807, 2.05) is 30.9 Å². The smallest absolute Gasteiger partial charge is 0.416 e. The van der Waals surface area contributed by atoms with Crippen molar-refractivity contribution in [3.8, 4) is 11.1 Å². The Morgan fingerprint density at radius 1 is 0.814 bits per heavy atom. The van der Waals surface area contributed by atoms with E-state index in [1.54, 1.807) is 13.0 Å². The van der Waals surface area contributed by atoms with Gasteiger partial charge in [0.15, 0.2) is 17.5 Å². The van der Waals surface area contributed by atoms with E-state index in [0.717, 1.165) is 36.2 Å². The van der Waals surface area contributed by atoms with Gasteiger partial charge in [-0.15, -0.1) is 0 Å². The van der Waals surface area contributed by atoms with Gasteiger partial charge in [0.05, 0.1) is 18.1 Å². The first kappa shape index (κ1) is 34.2. The molecule has 3 rings (SSSR count). The predicted molar refractivity (Wildman–Crippen MR) is 156 cm³/mol. The monoisotopic (exact) mass is 607 g/mol. The molecule has 0 aliphatic carbocycles. The molecule has 0 N–H and O–H groups in total. The van der Waals surface area contributed by atoms with Crippen molar-refractivity contribution in [2.75, 3.05) is 13.2 Å². The van der Waals surface area contributed by atoms with Gasteiger partial charge in [0.25, 0.3) is 0 Å². The van der Waals surface area contributed by atoms with Crippen LogP contribution in [0, 0.1) is 29.3 Å². The van der Waals surface area contributed by atoms with Crippen LogP contribution in [-0.4, -0.2) is 24.0 Å². The first-order valence-corrected chi connectivity index (χ1v) is 14.5. The van der Waals surface area contributed by atoms with Crippen LogP contribution in [0.4, 0.5) is 26.3 Å². The van der Waals surface area contributed by atoms with Crippen molar-refractivity contribution in [1.82, 2.24) is 4.90 Å². The maximum absolute atomic E-state index is 14.0. The summed E-state index contributed by atoms with van der Waals surface area (Å²) in [6.07, 6.45) is -3.20. The third kappa shape index (κ3) is 9.85. The zero-order valence-corrected chi connectivity index (χ0v) is 25.2. The topological polar surface area (TPSA) is 29.5 Å². The first-order chi connectivity index (χ1) is 20.2. The van der Waals surface area contributed by atoms with E-state index < -0.39 is 35.1 Å². The molecule has 43 heavy (non-hydrogen) atoms. The zero-order chi connectivity index (χ0) is 31.9. The van der Waals surface area contributed by atoms with Crippen LogP contribution < -0.4 is 0 Å². The van der Waals surface area contributed by atoms with Crippen molar-refractivity contribution in [2.24, 2.45) is 11.8 Å². The molecule has 1 atom stereocenters. The molecule has 0 aliphatic rings. The second kappa shape index (κ2) is 14.9. The molecule has 0 aromatic heterocycles. The number of carbonyl (C=O) groups is 1. The van der Waals surface area contributed by atoms with Gasteiger partial charge in [-0.25, -0.2) is 13.2 Å². The second-order valence-corrected chi connectivity index (χ2v) is 11.7. The number of nitrogens with zero attached hydrogens (tertiary/aromatic N) is 1. The van der Waals surface area contributed by atoms with E-state index in [4.69, 9.17) is 4.74 Å². The summed E-state index contributed by atoms with van der Waals surface area (Å²) in [5, 5.41) is 0. The average molecular weight is 608 g/mol. The lowest BCUT2D eigenvalue weighted by atomic mass is 9.87. The Morgan fingerprint density at radius 3 is 1.91 bits per heavy atom. The van der Waals surface area contributed by atoms with E-state index in [9.17, 15) is 31.1 Å². The Hall–Kier alpha value is -3.33. The number of benzene rings is 3. The fraction of sp³-hybridized carbons (Fsp3) is 0.441. The lowest BCUT2D eigenvalue weighted by Gasteiger charge is -2.25. The van der Waals surface area contributed by atoms with Crippen LogP contribution in [-0.2, 0) is 28.8 Å². The molecular weight excluding hydrogens is 568 g/mol. The van der Waals surface area contributed by atoms with E-state index in [1.165, 1.54) is 12.1 Å². The van der Waals surface area contributed by atoms with Gasteiger partial charge in [-0.3, -0.25) is 9.69 Å². The van der Waals surface area contributed by atoms with Gasteiger partial charge in [0.2, 0.25) is 0 Å². The molecule has 3 nitrogen and oxygen atoms in total. The SMILES string of the molecule is CCOC(=O)C(CC(C)C)c1cc(CN(CCC(C)C)Cc2cc(F)c(F)c(F)c2)cc(-c2ccc(C(F)(F)F)cc2)c1. The maximum Gasteiger partial charge on any atom is 0.416 e. The molecule has 9 heteroatoms. The van der Waals surface area contributed by atoms with Crippen LogP contribution in [0.5, 0.6) is 0 Å². The van der Waals surface area contributed by atoms with Gasteiger partial charge in [-0.1, -0.05) is 52.0 Å². The summed E-state index contributed by atoms with van der Waals surface area (Å²) in [5.41, 5.74) is 2.10. The summed E-state index contributed by atoms with van der Waals surface area (Å²) in [6.45, 7) is 11.0. The second-order valence-electron chi connectivity index (χ2n) is 11.7. The lowest BCUT2D eigenvalue weighted by molar-refractivity contribution is -0.145. The molecule has 234 valence electrons. The predicted octanol–water partition coefficient (Wildman–Crippen LogP) is 9.53. The standard InChI is InChI=1S/C34H39F6NO2/c1-6-43-33(42)29(13-22(4)5)27-15-23(14-26(18-27)25-7-9-28(10-8-25)34(38,39)40)19-41(12-11-21(2)3)20-24-16-30(35)32(37)31(36)17-24/h7-10,14-18,21-22,29H,6,11-13,19-20H2,1-5H3. The highest BCUT2D eigenvalue weighted by atomic mass is 19.4. The molecule has 0 amide bonds. The largest absolute Gasteiger partial charge is 0.466 e. The van der Waals surface area contributed by atoms with Crippen molar-refractivity contribution in [3.05, 3.63) is 94.3 Å². The minimum atomic E-state index is -4.48. The number of halogens is 6. The molecule has 0 bridgehead atoms. The molecule has 0 saturated heterocycles. The van der Waals surface area contributed by atoms with Gasteiger partial charge >= 0.3 is 12.1 Å². The molecule has 0 saturated carbocycles. The number of esters is 1. The molecule has 0 heterocycles. The Bertz CT molecular complexity index is 1350. The number of hydrogen-bond acceptors (Lipinski definition) is 3. The highest BCUT2D eigenvalue weighted by Crippen LogP contribution is 2.34. The fourth-order valence-corrected chi connectivity index (χ4v) is 4.98. The van der Waals surface area contributed by atoms with Gasteiger partial charge in [-0.05, 0) is 96.3 Å². The molecule has 3 aromatic carbocycles. The lowest BCUT2D eigenvalue weighted by Crippen LogP contribution is -2.25. The van der Waals surface area contributed by atoms with E-state index in [2.05, 4.69) is 13.8 Å². The number of ether oxygens (including phenoxy) is 1. The Kier molecular flexibility index (Phi) is 11.8. The molecule has 1 unspecified atom stereocenters. The van der Waals surface area contributed by atoms with Crippen LogP contribution in [0.15, 0.2) is 54.6 Å².